The van der Waals surface area contributed by atoms with Crippen LogP contribution in [0.5, 0.6) is 5.75 Å². The molecule has 0 saturated carbocycles. The number of rotatable bonds is 7. The molecule has 0 unspecified atom stereocenters. The van der Waals surface area contributed by atoms with E-state index in [4.69, 9.17) is 9.73 Å². The zero-order chi connectivity index (χ0) is 27.5. The summed E-state index contributed by atoms with van der Waals surface area (Å²) in [6, 6.07) is 24.2. The van der Waals surface area contributed by atoms with Crippen LogP contribution in [0, 0.1) is 24.0 Å². The smallest absolute Gasteiger partial charge is 0.269 e. The number of amides is 1. The van der Waals surface area contributed by atoms with Crippen LogP contribution in [0.3, 0.4) is 0 Å². The molecule has 8 heteroatoms. The Bertz CT molecular complexity index is 1640. The summed E-state index contributed by atoms with van der Waals surface area (Å²) >= 11 is 1.36. The molecular formula is C31H27N3O4S. The summed E-state index contributed by atoms with van der Waals surface area (Å²) in [5, 5.41) is 13.6. The third kappa shape index (κ3) is 5.56. The number of nitrogens with zero attached hydrogens (tertiary/aromatic N) is 3. The second-order valence-corrected chi connectivity index (χ2v) is 10.3. The van der Waals surface area contributed by atoms with Crippen molar-refractivity contribution in [3.8, 4) is 5.75 Å². The molecule has 1 aliphatic heterocycles. The Morgan fingerprint density at radius 3 is 2.54 bits per heavy atom. The molecule has 196 valence electrons. The number of benzene rings is 4. The first-order valence-electron chi connectivity index (χ1n) is 12.6. The van der Waals surface area contributed by atoms with E-state index in [2.05, 4.69) is 0 Å². The van der Waals surface area contributed by atoms with Gasteiger partial charge in [0.25, 0.3) is 11.6 Å². The second-order valence-electron chi connectivity index (χ2n) is 9.26. The summed E-state index contributed by atoms with van der Waals surface area (Å²) in [5.41, 5.74) is 4.64. The molecule has 0 radical (unpaired) electrons. The van der Waals surface area contributed by atoms with E-state index in [1.165, 1.54) is 23.9 Å². The molecule has 1 fully saturated rings. The third-order valence-electron chi connectivity index (χ3n) is 6.53. The number of carbonyl (C=O) groups is 1. The zero-order valence-corrected chi connectivity index (χ0v) is 22.7. The summed E-state index contributed by atoms with van der Waals surface area (Å²) < 4.78 is 6.20. The van der Waals surface area contributed by atoms with Crippen molar-refractivity contribution in [2.75, 3.05) is 6.54 Å². The minimum absolute atomic E-state index is 0.0328. The van der Waals surface area contributed by atoms with Crippen LogP contribution in [0.25, 0.3) is 16.8 Å². The number of likely N-dealkylation sites (N-methyl/N-ethyl adjacent to an activating group) is 1. The summed E-state index contributed by atoms with van der Waals surface area (Å²) in [7, 11) is 0. The van der Waals surface area contributed by atoms with Crippen molar-refractivity contribution < 1.29 is 14.5 Å². The number of aliphatic imine (C=N–C) groups is 1. The third-order valence-corrected chi connectivity index (χ3v) is 7.54. The van der Waals surface area contributed by atoms with E-state index >= 15 is 0 Å². The van der Waals surface area contributed by atoms with E-state index in [9.17, 15) is 14.9 Å². The molecule has 5 rings (SSSR count). The van der Waals surface area contributed by atoms with Crippen LogP contribution in [0.1, 0.15) is 29.2 Å². The predicted octanol–water partition coefficient (Wildman–Crippen LogP) is 7.57. The van der Waals surface area contributed by atoms with E-state index in [0.29, 0.717) is 22.4 Å². The Morgan fingerprint density at radius 1 is 1.03 bits per heavy atom. The van der Waals surface area contributed by atoms with Gasteiger partial charge in [-0.05, 0) is 90.3 Å². The van der Waals surface area contributed by atoms with Crippen LogP contribution in [0.4, 0.5) is 11.4 Å². The molecule has 0 spiro atoms. The SMILES string of the molecule is CCN1C(=O)/C(=C\c2c(OCc3ccc([N+](=O)[O-])cc3)ccc3ccccc23)SC1=Nc1cc(C)ccc1C. The number of nitro groups is 1. The van der Waals surface area contributed by atoms with Gasteiger partial charge in [-0.2, -0.15) is 0 Å². The van der Waals surface area contributed by atoms with E-state index < -0.39 is 4.92 Å². The van der Waals surface area contributed by atoms with Crippen LogP contribution in [0.15, 0.2) is 88.8 Å². The first kappa shape index (κ1) is 26.2. The fourth-order valence-corrected chi connectivity index (χ4v) is 5.41. The average Bonchev–Trinajstić information content (AvgIpc) is 3.23. The number of carbonyl (C=O) groups excluding carboxylic acids is 1. The van der Waals surface area contributed by atoms with Gasteiger partial charge in [-0.25, -0.2) is 4.99 Å². The van der Waals surface area contributed by atoms with E-state index in [0.717, 1.165) is 38.7 Å². The summed E-state index contributed by atoms with van der Waals surface area (Å²) in [4.78, 5) is 31.1. The van der Waals surface area contributed by atoms with Gasteiger partial charge in [-0.3, -0.25) is 19.8 Å². The topological polar surface area (TPSA) is 85.0 Å². The van der Waals surface area contributed by atoms with Gasteiger partial charge in [0.15, 0.2) is 5.17 Å². The van der Waals surface area contributed by atoms with Crippen LogP contribution in [-0.4, -0.2) is 27.4 Å². The number of hydrogen-bond donors (Lipinski definition) is 0. The van der Waals surface area contributed by atoms with Crippen LogP contribution in [-0.2, 0) is 11.4 Å². The van der Waals surface area contributed by atoms with E-state index in [-0.39, 0.29) is 18.2 Å². The van der Waals surface area contributed by atoms with Crippen LogP contribution in [0.2, 0.25) is 0 Å². The molecule has 7 nitrogen and oxygen atoms in total. The lowest BCUT2D eigenvalue weighted by Gasteiger charge is -2.13. The number of aryl methyl sites for hydroxylation is 2. The quantitative estimate of drug-likeness (QED) is 0.138. The molecule has 1 aliphatic rings. The number of non-ortho nitro benzene ring substituents is 1. The maximum absolute atomic E-state index is 13.5. The highest BCUT2D eigenvalue weighted by atomic mass is 32.2. The minimum atomic E-state index is -0.425. The fraction of sp³-hybridized carbons (Fsp3) is 0.161. The summed E-state index contributed by atoms with van der Waals surface area (Å²) in [6.07, 6.45) is 1.88. The Balaban J connectivity index is 1.51. The van der Waals surface area contributed by atoms with Gasteiger partial charge in [0, 0.05) is 24.2 Å². The molecule has 0 N–H and O–H groups in total. The van der Waals surface area contributed by atoms with Crippen molar-refractivity contribution >= 4 is 51.1 Å². The van der Waals surface area contributed by atoms with Crippen molar-refractivity contribution in [1.82, 2.24) is 4.90 Å². The highest BCUT2D eigenvalue weighted by Gasteiger charge is 2.32. The number of nitro benzene ring substituents is 1. The Morgan fingerprint density at radius 2 is 1.79 bits per heavy atom. The number of amidine groups is 1. The van der Waals surface area contributed by atoms with Gasteiger partial charge in [0.1, 0.15) is 12.4 Å². The van der Waals surface area contributed by atoms with E-state index in [1.807, 2.05) is 81.4 Å². The number of hydrogen-bond acceptors (Lipinski definition) is 6. The van der Waals surface area contributed by atoms with Gasteiger partial charge in [-0.15, -0.1) is 0 Å². The van der Waals surface area contributed by atoms with Gasteiger partial charge >= 0.3 is 0 Å². The maximum atomic E-state index is 13.5. The largest absolute Gasteiger partial charge is 0.488 e. The van der Waals surface area contributed by atoms with Crippen molar-refractivity contribution in [2.24, 2.45) is 4.99 Å². The first-order chi connectivity index (χ1) is 18.8. The molecule has 1 amide bonds. The Kier molecular flexibility index (Phi) is 7.47. The molecule has 0 bridgehead atoms. The van der Waals surface area contributed by atoms with Gasteiger partial charge in [-0.1, -0.05) is 42.5 Å². The highest BCUT2D eigenvalue weighted by molar-refractivity contribution is 8.18. The normalized spacial score (nSPS) is 15.5. The van der Waals surface area contributed by atoms with Crippen LogP contribution < -0.4 is 4.74 Å². The first-order valence-corrected chi connectivity index (χ1v) is 13.4. The zero-order valence-electron chi connectivity index (χ0n) is 21.9. The number of thioether (sulfide) groups is 1. The molecule has 0 aliphatic carbocycles. The van der Waals surface area contributed by atoms with Gasteiger partial charge in [0.2, 0.25) is 0 Å². The number of ether oxygens (including phenoxy) is 1. The number of fused-ring (bicyclic) bond motifs is 1. The van der Waals surface area contributed by atoms with Crippen molar-refractivity contribution in [2.45, 2.75) is 27.4 Å². The van der Waals surface area contributed by atoms with E-state index in [1.54, 1.807) is 17.0 Å². The van der Waals surface area contributed by atoms with Gasteiger partial charge < -0.3 is 4.74 Å². The molecule has 0 aromatic heterocycles. The maximum Gasteiger partial charge on any atom is 0.269 e. The molecule has 39 heavy (non-hydrogen) atoms. The molecule has 0 atom stereocenters. The lowest BCUT2D eigenvalue weighted by atomic mass is 10.0. The Hall–Kier alpha value is -4.43. The molecule has 4 aromatic rings. The van der Waals surface area contributed by atoms with Gasteiger partial charge in [0.05, 0.1) is 15.5 Å². The predicted molar refractivity (Wildman–Crippen MR) is 157 cm³/mol. The van der Waals surface area contributed by atoms with Crippen LogP contribution >= 0.6 is 11.8 Å². The fourth-order valence-electron chi connectivity index (χ4n) is 4.37. The van der Waals surface area contributed by atoms with Crippen molar-refractivity contribution in [3.63, 3.8) is 0 Å². The molecule has 4 aromatic carbocycles. The minimum Gasteiger partial charge on any atom is -0.488 e. The standard InChI is InChI=1S/C31H27N3O4S/c1-4-33-30(35)29(39-31(33)32-27-17-20(2)9-10-21(27)3)18-26-25-8-6-5-7-23(25)13-16-28(26)38-19-22-11-14-24(15-12-22)34(36)37/h5-18H,4,19H2,1-3H3/b29-18+,32-31?. The monoisotopic (exact) mass is 537 g/mol. The summed E-state index contributed by atoms with van der Waals surface area (Å²) in [6.45, 7) is 6.71. The second kappa shape index (κ2) is 11.1. The molecular weight excluding hydrogens is 510 g/mol. The molecule has 1 heterocycles. The lowest BCUT2D eigenvalue weighted by molar-refractivity contribution is -0.384. The summed E-state index contributed by atoms with van der Waals surface area (Å²) in [5.74, 6) is 0.525. The molecule has 1 saturated heterocycles. The average molecular weight is 538 g/mol. The Labute approximate surface area is 231 Å². The van der Waals surface area contributed by atoms with Crippen molar-refractivity contribution in [3.05, 3.63) is 116 Å². The highest BCUT2D eigenvalue weighted by Crippen LogP contribution is 2.38. The lowest BCUT2D eigenvalue weighted by Crippen LogP contribution is -2.28. The van der Waals surface area contributed by atoms with Crippen molar-refractivity contribution in [1.29, 1.82) is 0 Å².